The van der Waals surface area contributed by atoms with Crippen LogP contribution in [-0.4, -0.2) is 44.0 Å². The summed E-state index contributed by atoms with van der Waals surface area (Å²) in [6.45, 7) is 2.90. The lowest BCUT2D eigenvalue weighted by Gasteiger charge is -2.22. The molecule has 1 amide bonds. The van der Waals surface area contributed by atoms with Gasteiger partial charge < -0.3 is 4.90 Å². The molecule has 0 atom stereocenters. The molecule has 20 heavy (non-hydrogen) atoms. The third-order valence-corrected chi connectivity index (χ3v) is 5.45. The molecule has 1 aliphatic heterocycles. The third kappa shape index (κ3) is 3.37. The summed E-state index contributed by atoms with van der Waals surface area (Å²) >= 11 is 0. The molecule has 0 aliphatic carbocycles. The maximum Gasteiger partial charge on any atom is 0.228 e. The summed E-state index contributed by atoms with van der Waals surface area (Å²) in [6, 6.07) is 9.38. The van der Waals surface area contributed by atoms with E-state index in [0.717, 1.165) is 5.69 Å². The van der Waals surface area contributed by atoms with E-state index in [2.05, 4.69) is 0 Å². The highest BCUT2D eigenvalue weighted by Gasteiger charge is 2.28. The lowest BCUT2D eigenvalue weighted by atomic mass is 10.2. The summed E-state index contributed by atoms with van der Waals surface area (Å²) in [5, 5.41) is 0. The van der Waals surface area contributed by atoms with Crippen molar-refractivity contribution in [2.45, 2.75) is 19.8 Å². The Kier molecular flexibility index (Phi) is 4.77. The second-order valence-electron chi connectivity index (χ2n) is 4.85. The standard InChI is InChI=1S/C14H20N2O3S/c1-2-12-20(18,19)15-9-8-14(17)16(11-10-15)13-6-4-3-5-7-13/h3-7H,2,8-12H2,1H3. The number of benzene rings is 1. The van der Waals surface area contributed by atoms with Crippen molar-refractivity contribution >= 4 is 21.6 Å². The zero-order valence-corrected chi connectivity index (χ0v) is 12.5. The van der Waals surface area contributed by atoms with Gasteiger partial charge in [-0.3, -0.25) is 4.79 Å². The van der Waals surface area contributed by atoms with Gasteiger partial charge in [-0.1, -0.05) is 25.1 Å². The maximum absolute atomic E-state index is 12.1. The third-order valence-electron chi connectivity index (χ3n) is 3.37. The Morgan fingerprint density at radius 3 is 2.45 bits per heavy atom. The molecule has 0 saturated carbocycles. The van der Waals surface area contributed by atoms with Crippen molar-refractivity contribution in [3.63, 3.8) is 0 Å². The first-order valence-electron chi connectivity index (χ1n) is 6.88. The quantitative estimate of drug-likeness (QED) is 0.845. The number of hydrogen-bond donors (Lipinski definition) is 0. The molecule has 5 nitrogen and oxygen atoms in total. The van der Waals surface area contributed by atoms with Crippen LogP contribution < -0.4 is 4.90 Å². The van der Waals surface area contributed by atoms with Gasteiger partial charge in [0.05, 0.1) is 5.75 Å². The molecule has 6 heteroatoms. The average molecular weight is 296 g/mol. The molecule has 1 aromatic rings. The molecule has 0 unspecified atom stereocenters. The smallest absolute Gasteiger partial charge is 0.228 e. The largest absolute Gasteiger partial charge is 0.311 e. The minimum atomic E-state index is -3.23. The summed E-state index contributed by atoms with van der Waals surface area (Å²) in [7, 11) is -3.23. The Bertz CT molecular complexity index is 557. The predicted octanol–water partition coefficient (Wildman–Crippen LogP) is 1.47. The van der Waals surface area contributed by atoms with E-state index in [4.69, 9.17) is 0 Å². The van der Waals surface area contributed by atoms with Gasteiger partial charge in [0.1, 0.15) is 0 Å². The van der Waals surface area contributed by atoms with Gasteiger partial charge in [-0.05, 0) is 18.6 Å². The Morgan fingerprint density at radius 1 is 1.10 bits per heavy atom. The minimum Gasteiger partial charge on any atom is -0.311 e. The van der Waals surface area contributed by atoms with Crippen molar-refractivity contribution in [2.24, 2.45) is 0 Å². The number of rotatable bonds is 4. The molecule has 1 heterocycles. The summed E-state index contributed by atoms with van der Waals surface area (Å²) in [5.41, 5.74) is 0.826. The van der Waals surface area contributed by atoms with Crippen LogP contribution in [0.2, 0.25) is 0 Å². The molecule has 110 valence electrons. The summed E-state index contributed by atoms with van der Waals surface area (Å²) in [4.78, 5) is 13.8. The van der Waals surface area contributed by atoms with E-state index in [-0.39, 0.29) is 24.6 Å². The molecule has 2 rings (SSSR count). The van der Waals surface area contributed by atoms with Gasteiger partial charge in [-0.15, -0.1) is 0 Å². The van der Waals surface area contributed by atoms with Crippen LogP contribution in [0.25, 0.3) is 0 Å². The van der Waals surface area contributed by atoms with Crippen LogP contribution in [0, 0.1) is 0 Å². The van der Waals surface area contributed by atoms with Crippen LogP contribution in [0.5, 0.6) is 0 Å². The number of hydrogen-bond acceptors (Lipinski definition) is 3. The van der Waals surface area contributed by atoms with E-state index in [0.29, 0.717) is 19.5 Å². The van der Waals surface area contributed by atoms with Crippen LogP contribution in [-0.2, 0) is 14.8 Å². The van der Waals surface area contributed by atoms with Crippen molar-refractivity contribution in [1.29, 1.82) is 0 Å². The molecule has 1 saturated heterocycles. The first kappa shape index (κ1) is 15.0. The average Bonchev–Trinajstić information content (AvgIpc) is 2.62. The zero-order valence-electron chi connectivity index (χ0n) is 11.7. The maximum atomic E-state index is 12.1. The first-order chi connectivity index (χ1) is 9.54. The lowest BCUT2D eigenvalue weighted by Crippen LogP contribution is -2.37. The van der Waals surface area contributed by atoms with Gasteiger partial charge in [-0.2, -0.15) is 4.31 Å². The fourth-order valence-corrected chi connectivity index (χ4v) is 3.85. The van der Waals surface area contributed by atoms with Gasteiger partial charge in [0.15, 0.2) is 0 Å². The fourth-order valence-electron chi connectivity index (χ4n) is 2.35. The number of anilines is 1. The van der Waals surface area contributed by atoms with Crippen LogP contribution in [0.1, 0.15) is 19.8 Å². The van der Waals surface area contributed by atoms with Crippen LogP contribution >= 0.6 is 0 Å². The summed E-state index contributed by atoms with van der Waals surface area (Å²) in [5.74, 6) is 0.123. The molecular formula is C14H20N2O3S. The Balaban J connectivity index is 2.14. The normalized spacial score (nSPS) is 18.1. The van der Waals surface area contributed by atoms with Crippen LogP contribution in [0.15, 0.2) is 30.3 Å². The molecule has 1 aliphatic rings. The summed E-state index contributed by atoms with van der Waals surface area (Å²) in [6.07, 6.45) is 0.826. The van der Waals surface area contributed by atoms with E-state index < -0.39 is 10.0 Å². The molecule has 0 N–H and O–H groups in total. The van der Waals surface area contributed by atoms with Gasteiger partial charge in [-0.25, -0.2) is 8.42 Å². The monoisotopic (exact) mass is 296 g/mol. The molecule has 0 spiro atoms. The molecule has 0 radical (unpaired) electrons. The topological polar surface area (TPSA) is 57.7 Å². The van der Waals surface area contributed by atoms with Gasteiger partial charge in [0.25, 0.3) is 0 Å². The molecule has 1 fully saturated rings. The number of carbonyl (C=O) groups excluding carboxylic acids is 1. The molecule has 0 aromatic heterocycles. The zero-order chi connectivity index (χ0) is 14.6. The van der Waals surface area contributed by atoms with Crippen molar-refractivity contribution < 1.29 is 13.2 Å². The fraction of sp³-hybridized carbons (Fsp3) is 0.500. The van der Waals surface area contributed by atoms with Gasteiger partial charge in [0, 0.05) is 31.7 Å². The highest BCUT2D eigenvalue weighted by Crippen LogP contribution is 2.18. The number of sulfonamides is 1. The van der Waals surface area contributed by atoms with Gasteiger partial charge in [0.2, 0.25) is 15.9 Å². The number of para-hydroxylation sites is 1. The number of carbonyl (C=O) groups is 1. The number of amides is 1. The van der Waals surface area contributed by atoms with E-state index in [1.165, 1.54) is 4.31 Å². The summed E-state index contributed by atoms with van der Waals surface area (Å²) < 4.78 is 25.6. The molecule has 0 bridgehead atoms. The Hall–Kier alpha value is -1.40. The Morgan fingerprint density at radius 2 is 1.80 bits per heavy atom. The Labute approximate surface area is 120 Å². The van der Waals surface area contributed by atoms with Crippen LogP contribution in [0.4, 0.5) is 5.69 Å². The first-order valence-corrected chi connectivity index (χ1v) is 8.49. The van der Waals surface area contributed by atoms with Crippen molar-refractivity contribution in [3.8, 4) is 0 Å². The predicted molar refractivity (Wildman–Crippen MR) is 79.1 cm³/mol. The lowest BCUT2D eigenvalue weighted by molar-refractivity contribution is -0.118. The van der Waals surface area contributed by atoms with E-state index in [9.17, 15) is 13.2 Å². The number of nitrogens with zero attached hydrogens (tertiary/aromatic N) is 2. The van der Waals surface area contributed by atoms with Crippen molar-refractivity contribution in [2.75, 3.05) is 30.3 Å². The highest BCUT2D eigenvalue weighted by atomic mass is 32.2. The van der Waals surface area contributed by atoms with Crippen molar-refractivity contribution in [3.05, 3.63) is 30.3 Å². The minimum absolute atomic E-state index is 0.0228. The highest BCUT2D eigenvalue weighted by molar-refractivity contribution is 7.89. The van der Waals surface area contributed by atoms with Crippen molar-refractivity contribution in [1.82, 2.24) is 4.31 Å². The second-order valence-corrected chi connectivity index (χ2v) is 6.93. The second kappa shape index (κ2) is 6.37. The molecule has 1 aromatic carbocycles. The van der Waals surface area contributed by atoms with Crippen LogP contribution in [0.3, 0.4) is 0 Å². The van der Waals surface area contributed by atoms with E-state index >= 15 is 0 Å². The SMILES string of the molecule is CCCS(=O)(=O)N1CCC(=O)N(c2ccccc2)CC1. The molecular weight excluding hydrogens is 276 g/mol. The van der Waals surface area contributed by atoms with E-state index in [1.807, 2.05) is 37.3 Å². The van der Waals surface area contributed by atoms with Gasteiger partial charge >= 0.3 is 0 Å². The van der Waals surface area contributed by atoms with E-state index in [1.54, 1.807) is 4.90 Å².